The van der Waals surface area contributed by atoms with Crippen LogP contribution in [-0.2, 0) is 25.4 Å². The van der Waals surface area contributed by atoms with Crippen LogP contribution >= 0.6 is 31.9 Å². The molecule has 0 radical (unpaired) electrons. The van der Waals surface area contributed by atoms with E-state index in [0.717, 1.165) is 58.3 Å². The van der Waals surface area contributed by atoms with Crippen LogP contribution in [0.1, 0.15) is 63.7 Å². The van der Waals surface area contributed by atoms with Crippen molar-refractivity contribution in [3.8, 4) is 0 Å². The van der Waals surface area contributed by atoms with Crippen LogP contribution in [-0.4, -0.2) is 33.4 Å². The van der Waals surface area contributed by atoms with Crippen molar-refractivity contribution in [2.45, 2.75) is 25.4 Å². The summed E-state index contributed by atoms with van der Waals surface area (Å²) in [5.74, 6) is -3.15. The third-order valence-electron chi connectivity index (χ3n) is 7.42. The monoisotopic (exact) mass is 738 g/mol. The van der Waals surface area contributed by atoms with Gasteiger partial charge in [0.1, 0.15) is 0 Å². The molecule has 4 aromatic carbocycles. The second-order valence-corrected chi connectivity index (χ2v) is 11.8. The lowest BCUT2D eigenvalue weighted by Gasteiger charge is -2.33. The molecule has 2 aliphatic heterocycles. The van der Waals surface area contributed by atoms with Crippen molar-refractivity contribution in [2.24, 2.45) is 0 Å². The zero-order valence-corrected chi connectivity index (χ0v) is 24.9. The average Bonchev–Trinajstić information content (AvgIpc) is 2.95. The van der Waals surface area contributed by atoms with Gasteiger partial charge in [0.15, 0.2) is 0 Å². The van der Waals surface area contributed by atoms with Gasteiger partial charge < -0.3 is 0 Å². The molecule has 0 spiro atoms. The second kappa shape index (κ2) is 10.3. The number of carbonyl (C=O) groups excluding carboxylic acids is 4. The Morgan fingerprint density at radius 2 is 0.841 bits per heavy atom. The molecule has 0 aliphatic carbocycles. The highest BCUT2D eigenvalue weighted by Crippen LogP contribution is 2.44. The van der Waals surface area contributed by atoms with E-state index in [1.54, 1.807) is 0 Å². The first-order valence-electron chi connectivity index (χ1n) is 12.6. The summed E-state index contributed by atoms with van der Waals surface area (Å²) in [7, 11) is 0. The van der Waals surface area contributed by atoms with Crippen LogP contribution < -0.4 is 0 Å². The van der Waals surface area contributed by atoms with Crippen molar-refractivity contribution in [1.82, 2.24) is 9.80 Å². The zero-order chi connectivity index (χ0) is 31.9. The summed E-state index contributed by atoms with van der Waals surface area (Å²) in [6.07, 6.45) is -9.13. The Labute approximate surface area is 260 Å². The molecule has 0 N–H and O–H groups in total. The van der Waals surface area contributed by atoms with Crippen LogP contribution in [0.4, 0.5) is 26.3 Å². The topological polar surface area (TPSA) is 74.8 Å². The molecule has 0 unspecified atom stereocenters. The smallest absolute Gasteiger partial charge is 0.270 e. The maximum atomic E-state index is 13.7. The fraction of sp³-hybridized carbons (Fsp3) is 0.133. The zero-order valence-electron chi connectivity index (χ0n) is 21.7. The van der Waals surface area contributed by atoms with E-state index in [1.165, 1.54) is 12.1 Å². The van der Waals surface area contributed by atoms with Crippen LogP contribution in [0.2, 0.25) is 0 Å². The highest BCUT2D eigenvalue weighted by atomic mass is 79.9. The highest BCUT2D eigenvalue weighted by molar-refractivity contribution is 9.10. The normalized spacial score (nSPS) is 15.1. The lowest BCUT2D eigenvalue weighted by atomic mass is 9.85. The maximum Gasteiger partial charge on any atom is 0.416 e. The largest absolute Gasteiger partial charge is 0.416 e. The number of benzene rings is 4. The first kappa shape index (κ1) is 30.0. The van der Waals surface area contributed by atoms with Crippen LogP contribution in [0.3, 0.4) is 0 Å². The minimum Gasteiger partial charge on any atom is -0.270 e. The van der Waals surface area contributed by atoms with Crippen molar-refractivity contribution in [2.75, 3.05) is 0 Å². The van der Waals surface area contributed by atoms with Gasteiger partial charge in [0.25, 0.3) is 23.6 Å². The molecule has 6 rings (SSSR count). The number of alkyl halides is 6. The predicted octanol–water partition coefficient (Wildman–Crippen LogP) is 7.99. The average molecular weight is 740 g/mol. The number of amides is 4. The molecule has 0 saturated carbocycles. The Morgan fingerprint density at radius 3 is 1.14 bits per heavy atom. The Hall–Kier alpha value is -4.04. The van der Waals surface area contributed by atoms with Gasteiger partial charge in [0.05, 0.1) is 35.3 Å². The van der Waals surface area contributed by atoms with Crippen LogP contribution in [0.5, 0.6) is 0 Å². The summed E-state index contributed by atoms with van der Waals surface area (Å²) in [4.78, 5) is 56.3. The molecule has 6 nitrogen and oxygen atoms in total. The molecule has 0 bridgehead atoms. The molecular formula is C30H14Br2F6N2O4. The Morgan fingerprint density at radius 1 is 0.523 bits per heavy atom. The van der Waals surface area contributed by atoms with Crippen molar-refractivity contribution in [3.05, 3.63) is 114 Å². The molecule has 0 saturated heterocycles. The van der Waals surface area contributed by atoms with E-state index in [9.17, 15) is 45.5 Å². The van der Waals surface area contributed by atoms with Crippen molar-refractivity contribution < 1.29 is 45.5 Å². The quantitative estimate of drug-likeness (QED) is 0.157. The summed E-state index contributed by atoms with van der Waals surface area (Å²) < 4.78 is 78.3. The first-order chi connectivity index (χ1) is 20.6. The number of imide groups is 2. The number of nitrogens with zero attached hydrogens (tertiary/aromatic N) is 2. The first-order valence-corrected chi connectivity index (χ1v) is 14.2. The van der Waals surface area contributed by atoms with E-state index in [-0.39, 0.29) is 66.2 Å². The van der Waals surface area contributed by atoms with Crippen LogP contribution in [0, 0.1) is 0 Å². The standard InChI is InChI=1S/C30H14Br2F6N2O4/c31-19-10-18-22-21-17(25(41)39(27(43)23(19)21)11-13-1-5-15(6-2-13)29(33,34)35)9-20(32)24(22)28(44)40(26(18)42)12-14-3-7-16(8-4-14)30(36,37)38/h1-10H,11-12H2. The number of hydrogen-bond acceptors (Lipinski definition) is 4. The number of carbonyl (C=O) groups is 4. The molecule has 2 heterocycles. The van der Waals surface area contributed by atoms with Gasteiger partial charge in [0, 0.05) is 30.8 Å². The summed E-state index contributed by atoms with van der Waals surface area (Å²) in [6, 6.07) is 10.7. The fourth-order valence-corrected chi connectivity index (χ4v) is 6.51. The van der Waals surface area contributed by atoms with Gasteiger partial charge in [-0.05, 0) is 79.4 Å². The lowest BCUT2D eigenvalue weighted by molar-refractivity contribution is -0.138. The minimum absolute atomic E-state index is 0.0172. The van der Waals surface area contributed by atoms with Gasteiger partial charge in [0.2, 0.25) is 0 Å². The van der Waals surface area contributed by atoms with E-state index in [4.69, 9.17) is 0 Å². The summed E-state index contributed by atoms with van der Waals surface area (Å²) in [5.41, 5.74) is -1.34. The van der Waals surface area contributed by atoms with E-state index in [1.807, 2.05) is 0 Å². The number of halogens is 8. The van der Waals surface area contributed by atoms with Crippen LogP contribution in [0.15, 0.2) is 69.6 Å². The van der Waals surface area contributed by atoms with E-state index >= 15 is 0 Å². The van der Waals surface area contributed by atoms with Crippen LogP contribution in [0.25, 0.3) is 10.8 Å². The van der Waals surface area contributed by atoms with Gasteiger partial charge in [-0.2, -0.15) is 26.3 Å². The molecule has 4 amide bonds. The molecule has 2 aliphatic rings. The summed E-state index contributed by atoms with van der Waals surface area (Å²) in [5, 5.41) is 0.115. The van der Waals surface area contributed by atoms with Gasteiger partial charge in [-0.3, -0.25) is 29.0 Å². The molecule has 44 heavy (non-hydrogen) atoms. The maximum absolute atomic E-state index is 13.7. The van der Waals surface area contributed by atoms with Gasteiger partial charge in [-0.15, -0.1) is 0 Å². The SMILES string of the molecule is O=C1c2cc(Br)c3c4c(cc(Br)c(c24)C(=O)N1Cc1ccc(C(F)(F)F)cc1)C(=O)N(Cc1ccc(C(F)(F)F)cc1)C3=O. The van der Waals surface area contributed by atoms with E-state index < -0.39 is 47.1 Å². The minimum atomic E-state index is -4.57. The Kier molecular flexibility index (Phi) is 7.00. The predicted molar refractivity (Wildman–Crippen MR) is 151 cm³/mol. The fourth-order valence-electron chi connectivity index (χ4n) is 5.32. The van der Waals surface area contributed by atoms with E-state index in [0.29, 0.717) is 0 Å². The van der Waals surface area contributed by atoms with Crippen molar-refractivity contribution in [1.29, 1.82) is 0 Å². The Bertz CT molecular complexity index is 1800. The van der Waals surface area contributed by atoms with Gasteiger partial charge >= 0.3 is 12.4 Å². The summed E-state index contributed by atoms with van der Waals surface area (Å²) >= 11 is 6.61. The molecular weight excluding hydrogens is 726 g/mol. The van der Waals surface area contributed by atoms with E-state index in [2.05, 4.69) is 31.9 Å². The molecule has 0 aromatic heterocycles. The second-order valence-electron chi connectivity index (χ2n) is 10.1. The molecule has 0 fully saturated rings. The molecule has 0 atom stereocenters. The number of rotatable bonds is 4. The van der Waals surface area contributed by atoms with Gasteiger partial charge in [-0.25, -0.2) is 0 Å². The Balaban J connectivity index is 1.40. The third kappa shape index (κ3) is 4.80. The number of hydrogen-bond donors (Lipinski definition) is 0. The van der Waals surface area contributed by atoms with Gasteiger partial charge in [-0.1, -0.05) is 24.3 Å². The molecule has 4 aromatic rings. The highest BCUT2D eigenvalue weighted by Gasteiger charge is 2.42. The molecule has 224 valence electrons. The molecule has 14 heteroatoms. The van der Waals surface area contributed by atoms with Crippen molar-refractivity contribution >= 4 is 66.3 Å². The summed E-state index contributed by atoms with van der Waals surface area (Å²) in [6.45, 7) is -0.688. The lowest BCUT2D eigenvalue weighted by Crippen LogP contribution is -2.43. The van der Waals surface area contributed by atoms with Crippen molar-refractivity contribution in [3.63, 3.8) is 0 Å². The third-order valence-corrected chi connectivity index (χ3v) is 8.67.